The first kappa shape index (κ1) is 12.7. The van der Waals surface area contributed by atoms with Crippen LogP contribution in [0, 0.1) is 0 Å². The summed E-state index contributed by atoms with van der Waals surface area (Å²) in [7, 11) is 0. The molecule has 1 aromatic carbocycles. The highest BCUT2D eigenvalue weighted by Crippen LogP contribution is 2.36. The zero-order chi connectivity index (χ0) is 14.3. The van der Waals surface area contributed by atoms with Gasteiger partial charge in [-0.25, -0.2) is 9.59 Å². The fourth-order valence-corrected chi connectivity index (χ4v) is 3.21. The summed E-state index contributed by atoms with van der Waals surface area (Å²) < 4.78 is 10.8. The van der Waals surface area contributed by atoms with Crippen molar-refractivity contribution in [1.29, 1.82) is 0 Å². The van der Waals surface area contributed by atoms with E-state index in [0.29, 0.717) is 10.3 Å². The van der Waals surface area contributed by atoms with Gasteiger partial charge < -0.3 is 14.9 Å². The first-order chi connectivity index (χ1) is 9.63. The summed E-state index contributed by atoms with van der Waals surface area (Å²) in [5.41, 5.74) is 5.97. The van der Waals surface area contributed by atoms with Gasteiger partial charge >= 0.3 is 11.6 Å². The Morgan fingerprint density at radius 3 is 2.90 bits per heavy atom. The van der Waals surface area contributed by atoms with Gasteiger partial charge in [0.2, 0.25) is 0 Å². The van der Waals surface area contributed by atoms with Crippen molar-refractivity contribution in [2.75, 3.05) is 12.3 Å². The Labute approximate surface area is 117 Å². The van der Waals surface area contributed by atoms with Crippen LogP contribution in [0.25, 0.3) is 21.1 Å². The maximum absolute atomic E-state index is 12.0. The van der Waals surface area contributed by atoms with E-state index < -0.39 is 11.6 Å². The molecule has 0 saturated heterocycles. The van der Waals surface area contributed by atoms with Crippen LogP contribution in [0.5, 0.6) is 0 Å². The number of thiophene rings is 1. The van der Waals surface area contributed by atoms with Gasteiger partial charge in [-0.2, -0.15) is 0 Å². The zero-order valence-electron chi connectivity index (χ0n) is 10.6. The molecule has 0 aliphatic heterocycles. The van der Waals surface area contributed by atoms with E-state index in [1.807, 2.05) is 12.1 Å². The molecule has 20 heavy (non-hydrogen) atoms. The standard InChI is InChI=1S/C14H11NO4S/c1-2-18-14(17)12-10(15)9-11(20-12)7-5-3-4-6-8(7)19-13(9)16/h3-6H,2,15H2,1H3. The van der Waals surface area contributed by atoms with Gasteiger partial charge in [0.1, 0.15) is 15.8 Å². The lowest BCUT2D eigenvalue weighted by atomic mass is 10.2. The van der Waals surface area contributed by atoms with Gasteiger partial charge in [-0.15, -0.1) is 11.3 Å². The molecule has 0 unspecified atom stereocenters. The predicted octanol–water partition coefficient (Wildman–Crippen LogP) is 2.77. The number of benzene rings is 1. The third-order valence-corrected chi connectivity index (χ3v) is 4.16. The number of anilines is 1. The molecule has 102 valence electrons. The summed E-state index contributed by atoms with van der Waals surface area (Å²) in [6.45, 7) is 1.97. The van der Waals surface area contributed by atoms with E-state index >= 15 is 0 Å². The molecule has 0 amide bonds. The van der Waals surface area contributed by atoms with Crippen molar-refractivity contribution >= 4 is 44.0 Å². The smallest absolute Gasteiger partial charge is 0.350 e. The van der Waals surface area contributed by atoms with Crippen LogP contribution in [0.4, 0.5) is 5.69 Å². The molecule has 0 atom stereocenters. The Morgan fingerprint density at radius 2 is 2.15 bits per heavy atom. The van der Waals surface area contributed by atoms with Crippen LogP contribution in [-0.4, -0.2) is 12.6 Å². The normalized spacial score (nSPS) is 11.1. The molecule has 0 spiro atoms. The van der Waals surface area contributed by atoms with Gasteiger partial charge in [0.05, 0.1) is 17.0 Å². The number of nitrogens with two attached hydrogens (primary N) is 1. The number of hydrogen-bond acceptors (Lipinski definition) is 6. The van der Waals surface area contributed by atoms with Gasteiger partial charge in [0.15, 0.2) is 0 Å². The van der Waals surface area contributed by atoms with Gasteiger partial charge in [-0.05, 0) is 19.1 Å². The number of rotatable bonds is 2. The number of hydrogen-bond donors (Lipinski definition) is 1. The van der Waals surface area contributed by atoms with Crippen LogP contribution in [0.3, 0.4) is 0 Å². The summed E-state index contributed by atoms with van der Waals surface area (Å²) in [4.78, 5) is 24.1. The molecular weight excluding hydrogens is 278 g/mol. The predicted molar refractivity (Wildman–Crippen MR) is 78.2 cm³/mol. The van der Waals surface area contributed by atoms with E-state index in [9.17, 15) is 9.59 Å². The summed E-state index contributed by atoms with van der Waals surface area (Å²) in [6, 6.07) is 7.14. The molecule has 0 aliphatic carbocycles. The molecule has 6 heteroatoms. The van der Waals surface area contributed by atoms with E-state index in [1.165, 1.54) is 0 Å². The van der Waals surface area contributed by atoms with Crippen molar-refractivity contribution in [3.8, 4) is 0 Å². The number of fused-ring (bicyclic) bond motifs is 3. The largest absolute Gasteiger partial charge is 0.462 e. The Bertz CT molecular complexity index is 878. The highest BCUT2D eigenvalue weighted by atomic mass is 32.1. The minimum absolute atomic E-state index is 0.128. The second-order valence-corrected chi connectivity index (χ2v) is 5.18. The first-order valence-corrected chi connectivity index (χ1v) is 6.86. The second kappa shape index (κ2) is 4.64. The Kier molecular flexibility index (Phi) is 2.94. The lowest BCUT2D eigenvalue weighted by Crippen LogP contribution is -2.06. The van der Waals surface area contributed by atoms with Crippen molar-refractivity contribution in [3.63, 3.8) is 0 Å². The van der Waals surface area contributed by atoms with E-state index in [1.54, 1.807) is 19.1 Å². The monoisotopic (exact) mass is 289 g/mol. The Balaban J connectivity index is 2.41. The molecule has 0 radical (unpaired) electrons. The second-order valence-electron chi connectivity index (χ2n) is 4.16. The average molecular weight is 289 g/mol. The molecule has 2 aromatic heterocycles. The molecule has 3 aromatic rings. The first-order valence-electron chi connectivity index (χ1n) is 6.04. The van der Waals surface area contributed by atoms with Crippen molar-refractivity contribution in [2.45, 2.75) is 6.92 Å². The Morgan fingerprint density at radius 1 is 1.40 bits per heavy atom. The van der Waals surface area contributed by atoms with Crippen molar-refractivity contribution < 1.29 is 13.9 Å². The average Bonchev–Trinajstić information content (AvgIpc) is 2.78. The number of carbonyl (C=O) groups excluding carboxylic acids is 1. The third kappa shape index (κ3) is 1.77. The zero-order valence-corrected chi connectivity index (χ0v) is 11.5. The maximum Gasteiger partial charge on any atom is 0.350 e. The molecule has 0 saturated carbocycles. The fourth-order valence-electron chi connectivity index (χ4n) is 2.08. The lowest BCUT2D eigenvalue weighted by molar-refractivity contribution is 0.0533. The van der Waals surface area contributed by atoms with E-state index in [2.05, 4.69) is 0 Å². The highest BCUT2D eigenvalue weighted by Gasteiger charge is 2.22. The van der Waals surface area contributed by atoms with Crippen LogP contribution >= 0.6 is 11.3 Å². The van der Waals surface area contributed by atoms with E-state index in [-0.39, 0.29) is 22.6 Å². The minimum atomic E-state index is -0.539. The number of para-hydroxylation sites is 1. The lowest BCUT2D eigenvalue weighted by Gasteiger charge is -1.98. The van der Waals surface area contributed by atoms with Gasteiger partial charge in [-0.1, -0.05) is 12.1 Å². The van der Waals surface area contributed by atoms with Crippen LogP contribution in [0.15, 0.2) is 33.5 Å². The molecule has 0 bridgehead atoms. The molecule has 0 aliphatic rings. The van der Waals surface area contributed by atoms with E-state index in [0.717, 1.165) is 16.7 Å². The maximum atomic E-state index is 12.0. The van der Waals surface area contributed by atoms with Crippen LogP contribution in [0.2, 0.25) is 0 Å². The molecule has 2 heterocycles. The van der Waals surface area contributed by atoms with E-state index in [4.69, 9.17) is 14.9 Å². The summed E-state index contributed by atoms with van der Waals surface area (Å²) in [5.74, 6) is -0.519. The quantitative estimate of drug-likeness (QED) is 0.579. The van der Waals surface area contributed by atoms with Crippen molar-refractivity contribution in [3.05, 3.63) is 39.6 Å². The molecule has 0 fully saturated rings. The number of ether oxygens (including phenoxy) is 1. The molecule has 3 rings (SSSR count). The molecular formula is C14H11NO4S. The van der Waals surface area contributed by atoms with Gasteiger partial charge in [0, 0.05) is 5.39 Å². The highest BCUT2D eigenvalue weighted by molar-refractivity contribution is 7.22. The van der Waals surface area contributed by atoms with Crippen LogP contribution < -0.4 is 11.4 Å². The van der Waals surface area contributed by atoms with Crippen LogP contribution in [-0.2, 0) is 4.74 Å². The van der Waals surface area contributed by atoms with Crippen LogP contribution in [0.1, 0.15) is 16.6 Å². The van der Waals surface area contributed by atoms with Crippen molar-refractivity contribution in [2.24, 2.45) is 0 Å². The number of nitrogen functional groups attached to an aromatic ring is 1. The topological polar surface area (TPSA) is 82.5 Å². The minimum Gasteiger partial charge on any atom is -0.462 e. The Hall–Kier alpha value is -2.34. The number of carbonyl (C=O) groups is 1. The SMILES string of the molecule is CCOC(=O)c1sc2c(c1N)c(=O)oc1ccccc12. The summed E-state index contributed by atoms with van der Waals surface area (Å²) in [5, 5.41) is 1.01. The third-order valence-electron chi connectivity index (χ3n) is 2.94. The molecule has 5 nitrogen and oxygen atoms in total. The fraction of sp³-hybridized carbons (Fsp3) is 0.143. The van der Waals surface area contributed by atoms with Crippen molar-refractivity contribution in [1.82, 2.24) is 0 Å². The van der Waals surface area contributed by atoms with Gasteiger partial charge in [-0.3, -0.25) is 0 Å². The van der Waals surface area contributed by atoms with Gasteiger partial charge in [0.25, 0.3) is 0 Å². The number of esters is 1. The molecule has 2 N–H and O–H groups in total. The summed E-state index contributed by atoms with van der Waals surface area (Å²) >= 11 is 1.16. The summed E-state index contributed by atoms with van der Waals surface area (Å²) in [6.07, 6.45) is 0.